The summed E-state index contributed by atoms with van der Waals surface area (Å²) in [6.45, 7) is 5.51. The van der Waals surface area contributed by atoms with Crippen molar-refractivity contribution in [2.45, 2.75) is 64.2 Å². The van der Waals surface area contributed by atoms with Crippen molar-refractivity contribution in [3.8, 4) is 0 Å². The van der Waals surface area contributed by atoms with Gasteiger partial charge in [-0.15, -0.1) is 0 Å². The number of nitrogens with one attached hydrogen (secondary N) is 2. The normalized spacial score (nSPS) is 24.0. The number of rotatable bonds is 7. The summed E-state index contributed by atoms with van der Waals surface area (Å²) in [4.78, 5) is 27.1. The first-order chi connectivity index (χ1) is 10.8. The van der Waals surface area contributed by atoms with E-state index >= 15 is 0 Å². The Labute approximate surface area is 136 Å². The van der Waals surface area contributed by atoms with E-state index in [9.17, 15) is 14.7 Å². The van der Waals surface area contributed by atoms with Crippen LogP contribution in [0, 0.1) is 0 Å². The summed E-state index contributed by atoms with van der Waals surface area (Å²) in [7, 11) is 0. The van der Waals surface area contributed by atoms with Crippen molar-refractivity contribution in [2.75, 3.05) is 0 Å². The first-order valence-corrected chi connectivity index (χ1v) is 7.84. The molecule has 0 aliphatic heterocycles. The molecule has 0 aromatic rings. The molecule has 1 amide bonds. The van der Waals surface area contributed by atoms with Crippen LogP contribution < -0.4 is 22.1 Å². The summed E-state index contributed by atoms with van der Waals surface area (Å²) in [5.74, 6) is -1.34. The van der Waals surface area contributed by atoms with Gasteiger partial charge in [0.05, 0.1) is 12.1 Å². The fraction of sp³-hybridized carbons (Fsp3) is 0.667. The van der Waals surface area contributed by atoms with E-state index in [1.807, 2.05) is 13.8 Å². The van der Waals surface area contributed by atoms with Gasteiger partial charge in [-0.05, 0) is 12.8 Å². The zero-order chi connectivity index (χ0) is 17.6. The molecule has 130 valence electrons. The molecular weight excluding hydrogens is 298 g/mol. The molecule has 7 N–H and O–H groups in total. The molecular formula is C15H27N5O3. The van der Waals surface area contributed by atoms with Gasteiger partial charge in [0.15, 0.2) is 5.96 Å². The Kier molecular flexibility index (Phi) is 7.02. The third kappa shape index (κ3) is 5.55. The molecule has 1 aliphatic carbocycles. The predicted octanol–water partition coefficient (Wildman–Crippen LogP) is -0.305. The number of carboxylic acid groups (broad SMARTS) is 1. The fourth-order valence-corrected chi connectivity index (χ4v) is 2.83. The van der Waals surface area contributed by atoms with Crippen molar-refractivity contribution >= 4 is 17.8 Å². The second kappa shape index (κ2) is 8.52. The summed E-state index contributed by atoms with van der Waals surface area (Å²) in [5, 5.41) is 15.6. The largest absolute Gasteiger partial charge is 0.478 e. The maximum Gasteiger partial charge on any atom is 0.331 e. The lowest BCUT2D eigenvalue weighted by Gasteiger charge is -2.37. The van der Waals surface area contributed by atoms with E-state index in [1.54, 1.807) is 6.08 Å². The molecule has 1 aliphatic rings. The third-order valence-corrected chi connectivity index (χ3v) is 3.98. The quantitative estimate of drug-likeness (QED) is 0.321. The van der Waals surface area contributed by atoms with Crippen LogP contribution in [-0.2, 0) is 9.59 Å². The molecule has 0 unspecified atom stereocenters. The van der Waals surface area contributed by atoms with Crippen LogP contribution in [0.4, 0.5) is 0 Å². The van der Waals surface area contributed by atoms with Crippen molar-refractivity contribution in [1.82, 2.24) is 10.6 Å². The third-order valence-electron chi connectivity index (χ3n) is 3.98. The lowest BCUT2D eigenvalue weighted by molar-refractivity contribution is -0.133. The van der Waals surface area contributed by atoms with E-state index in [4.69, 9.17) is 11.5 Å². The molecule has 0 fully saturated rings. The van der Waals surface area contributed by atoms with Gasteiger partial charge >= 0.3 is 5.97 Å². The van der Waals surface area contributed by atoms with E-state index in [0.717, 1.165) is 12.8 Å². The van der Waals surface area contributed by atoms with Crippen LogP contribution in [0.1, 0.15) is 40.0 Å². The molecule has 0 bridgehead atoms. The number of nitrogens with zero attached hydrogens (tertiary/aromatic N) is 1. The second-order valence-corrected chi connectivity index (χ2v) is 5.75. The van der Waals surface area contributed by atoms with Crippen LogP contribution in [0.2, 0.25) is 0 Å². The van der Waals surface area contributed by atoms with Crippen LogP contribution in [0.5, 0.6) is 0 Å². The summed E-state index contributed by atoms with van der Waals surface area (Å²) >= 11 is 0. The Bertz CT molecular complexity index is 495. The first-order valence-electron chi connectivity index (χ1n) is 7.84. The highest BCUT2D eigenvalue weighted by Gasteiger charge is 2.36. The molecule has 0 saturated heterocycles. The van der Waals surface area contributed by atoms with Crippen LogP contribution in [0.15, 0.2) is 16.6 Å². The number of amides is 1. The number of carbonyl (C=O) groups is 2. The fourth-order valence-electron chi connectivity index (χ4n) is 2.83. The predicted molar refractivity (Wildman–Crippen MR) is 88.8 cm³/mol. The molecule has 8 heteroatoms. The van der Waals surface area contributed by atoms with Gasteiger partial charge in [0.1, 0.15) is 0 Å². The van der Waals surface area contributed by atoms with Crippen molar-refractivity contribution in [1.29, 1.82) is 0 Å². The molecule has 3 atom stereocenters. The van der Waals surface area contributed by atoms with Crippen LogP contribution in [0.3, 0.4) is 0 Å². The van der Waals surface area contributed by atoms with Crippen LogP contribution in [-0.4, -0.2) is 47.1 Å². The zero-order valence-corrected chi connectivity index (χ0v) is 13.9. The van der Waals surface area contributed by atoms with Crippen LogP contribution in [0.25, 0.3) is 0 Å². The Morgan fingerprint density at radius 3 is 2.43 bits per heavy atom. The topological polar surface area (TPSA) is 143 Å². The number of carboxylic acids is 1. The number of guanidine groups is 1. The maximum absolute atomic E-state index is 11.5. The summed E-state index contributed by atoms with van der Waals surface area (Å²) in [6.07, 6.45) is 3.60. The van der Waals surface area contributed by atoms with Crippen molar-refractivity contribution in [3.05, 3.63) is 11.6 Å². The monoisotopic (exact) mass is 325 g/mol. The average Bonchev–Trinajstić information content (AvgIpc) is 2.46. The molecule has 1 rings (SSSR count). The molecule has 0 radical (unpaired) electrons. The highest BCUT2D eigenvalue weighted by molar-refractivity contribution is 5.87. The van der Waals surface area contributed by atoms with Gasteiger partial charge in [-0.25, -0.2) is 9.79 Å². The zero-order valence-electron chi connectivity index (χ0n) is 13.9. The summed E-state index contributed by atoms with van der Waals surface area (Å²) < 4.78 is 0. The van der Waals surface area contributed by atoms with Crippen LogP contribution >= 0.6 is 0 Å². The first kappa shape index (κ1) is 19.0. The standard InChI is InChI=1S/C15H27N5O3/c1-4-10(5-2)19-11-6-9(14(22)23)7-12(20-15(16)17)13(11)18-8(3)21/h6,10-13,19H,4-5,7H2,1-3H3,(H,18,21)(H,22,23)(H4,16,17,20)/t11-,12+,13+/m1/s1. The number of hydrogen-bond donors (Lipinski definition) is 5. The second-order valence-electron chi connectivity index (χ2n) is 5.75. The highest BCUT2D eigenvalue weighted by Crippen LogP contribution is 2.23. The highest BCUT2D eigenvalue weighted by atomic mass is 16.4. The Morgan fingerprint density at radius 1 is 1.39 bits per heavy atom. The molecule has 0 heterocycles. The average molecular weight is 325 g/mol. The molecule has 0 aromatic heterocycles. The molecule has 0 spiro atoms. The van der Waals surface area contributed by atoms with Gasteiger partial charge < -0.3 is 27.2 Å². The van der Waals surface area contributed by atoms with E-state index in [1.165, 1.54) is 6.92 Å². The van der Waals surface area contributed by atoms with Crippen molar-refractivity contribution in [2.24, 2.45) is 16.5 Å². The number of aliphatic carboxylic acids is 1. The Balaban J connectivity index is 3.18. The number of carbonyl (C=O) groups excluding carboxylic acids is 1. The van der Waals surface area contributed by atoms with Crippen molar-refractivity contribution in [3.63, 3.8) is 0 Å². The SMILES string of the molecule is CCC(CC)N[C@@H]1C=C(C(=O)O)C[C@H](N=C(N)N)[C@H]1NC(C)=O. The van der Waals surface area contributed by atoms with Gasteiger partial charge in [-0.3, -0.25) is 4.79 Å². The van der Waals surface area contributed by atoms with Gasteiger partial charge in [0, 0.05) is 31.0 Å². The van der Waals surface area contributed by atoms with Gasteiger partial charge in [-0.2, -0.15) is 0 Å². The minimum absolute atomic E-state index is 0.127. The minimum atomic E-state index is -1.00. The van der Waals surface area contributed by atoms with E-state index < -0.39 is 18.1 Å². The smallest absolute Gasteiger partial charge is 0.331 e. The molecule has 23 heavy (non-hydrogen) atoms. The molecule has 0 saturated carbocycles. The Hall–Kier alpha value is -2.09. The van der Waals surface area contributed by atoms with Crippen molar-refractivity contribution < 1.29 is 14.7 Å². The molecule has 0 aromatic carbocycles. The number of hydrogen-bond acceptors (Lipinski definition) is 4. The van der Waals surface area contributed by atoms with E-state index in [-0.39, 0.29) is 35.9 Å². The van der Waals surface area contributed by atoms with Gasteiger partial charge in [-0.1, -0.05) is 19.9 Å². The minimum Gasteiger partial charge on any atom is -0.478 e. The molecule has 8 nitrogen and oxygen atoms in total. The van der Waals surface area contributed by atoms with E-state index in [2.05, 4.69) is 15.6 Å². The summed E-state index contributed by atoms with van der Waals surface area (Å²) in [6, 6.07) is -1.07. The summed E-state index contributed by atoms with van der Waals surface area (Å²) in [5.41, 5.74) is 11.2. The Morgan fingerprint density at radius 2 is 2.00 bits per heavy atom. The maximum atomic E-state index is 11.5. The van der Waals surface area contributed by atoms with Gasteiger partial charge in [0.2, 0.25) is 5.91 Å². The number of nitrogens with two attached hydrogens (primary N) is 2. The lowest BCUT2D eigenvalue weighted by atomic mass is 9.86. The number of aliphatic imine (C=N–C) groups is 1. The van der Waals surface area contributed by atoms with Gasteiger partial charge in [0.25, 0.3) is 0 Å². The van der Waals surface area contributed by atoms with E-state index in [0.29, 0.717) is 0 Å². The lowest BCUT2D eigenvalue weighted by Crippen LogP contribution is -2.58.